The average molecular weight is 566 g/mol. The van der Waals surface area contributed by atoms with Crippen LogP contribution in [0.3, 0.4) is 0 Å². The lowest BCUT2D eigenvalue weighted by atomic mass is 10.1. The lowest BCUT2D eigenvalue weighted by Crippen LogP contribution is -2.56. The normalized spacial score (nSPS) is 13.8. The molecule has 1 atom stereocenters. The zero-order valence-electron chi connectivity index (χ0n) is 20.1. The van der Waals surface area contributed by atoms with Crippen molar-refractivity contribution in [2.45, 2.75) is 51.2 Å². The Morgan fingerprint density at radius 2 is 1.53 bits per heavy atom. The van der Waals surface area contributed by atoms with E-state index in [1.54, 1.807) is 18.2 Å². The van der Waals surface area contributed by atoms with E-state index in [1.807, 2.05) is 6.92 Å². The van der Waals surface area contributed by atoms with Gasteiger partial charge in [-0.3, -0.25) is 0 Å². The third-order valence-corrected chi connectivity index (χ3v) is 5.94. The molecule has 38 heavy (non-hydrogen) atoms. The molecule has 0 saturated carbocycles. The smallest absolute Gasteiger partial charge is 0.457 e. The lowest BCUT2D eigenvalue weighted by Gasteiger charge is -2.40. The second-order valence-electron chi connectivity index (χ2n) is 8.42. The summed E-state index contributed by atoms with van der Waals surface area (Å²) >= 11 is 6.11. The standard InChI is InChI=1S/C26H23ClF7NO3/c1-3-17-13-20(10-11-22(17)27)37-19-8-5-7-18(14-19)35(24(2,36)26(32,33)34)15-16-6-4-9-21(12-16)38-25(30,31)23(28)29/h4-14,23,36H,3,15H2,1-2H3/t24-/m1/s1. The topological polar surface area (TPSA) is 41.9 Å². The first-order valence-electron chi connectivity index (χ1n) is 11.2. The minimum Gasteiger partial charge on any atom is -0.457 e. The number of aryl methyl sites for hydroxylation is 1. The number of aliphatic hydroxyl groups is 1. The predicted octanol–water partition coefficient (Wildman–Crippen LogP) is 8.21. The minimum atomic E-state index is -5.15. The maximum Gasteiger partial charge on any atom is 0.461 e. The van der Waals surface area contributed by atoms with E-state index in [0.29, 0.717) is 29.0 Å². The summed E-state index contributed by atoms with van der Waals surface area (Å²) in [4.78, 5) is 0.573. The average Bonchev–Trinajstić information content (AvgIpc) is 2.83. The Labute approximate surface area is 219 Å². The van der Waals surface area contributed by atoms with E-state index in [2.05, 4.69) is 4.74 Å². The Kier molecular flexibility index (Phi) is 8.72. The Morgan fingerprint density at radius 3 is 2.16 bits per heavy atom. The van der Waals surface area contributed by atoms with E-state index >= 15 is 0 Å². The quantitative estimate of drug-likeness (QED) is 0.199. The lowest BCUT2D eigenvalue weighted by molar-refractivity contribution is -0.253. The van der Waals surface area contributed by atoms with Crippen LogP contribution >= 0.6 is 11.6 Å². The molecule has 3 rings (SSSR count). The Balaban J connectivity index is 1.97. The monoisotopic (exact) mass is 565 g/mol. The summed E-state index contributed by atoms with van der Waals surface area (Å²) in [7, 11) is 0. The molecule has 3 aromatic carbocycles. The van der Waals surface area contributed by atoms with Crippen LogP contribution in [-0.4, -0.2) is 29.5 Å². The van der Waals surface area contributed by atoms with Crippen molar-refractivity contribution in [3.05, 3.63) is 82.9 Å². The van der Waals surface area contributed by atoms with Crippen molar-refractivity contribution in [3.8, 4) is 17.2 Å². The van der Waals surface area contributed by atoms with Gasteiger partial charge in [0, 0.05) is 23.3 Å². The van der Waals surface area contributed by atoms with Crippen LogP contribution < -0.4 is 14.4 Å². The van der Waals surface area contributed by atoms with Gasteiger partial charge in [0.2, 0.25) is 5.72 Å². The van der Waals surface area contributed by atoms with Crippen molar-refractivity contribution in [1.82, 2.24) is 0 Å². The molecule has 4 nitrogen and oxygen atoms in total. The third-order valence-electron chi connectivity index (χ3n) is 5.57. The first kappa shape index (κ1) is 29.4. The van der Waals surface area contributed by atoms with Crippen LogP contribution in [0, 0.1) is 0 Å². The van der Waals surface area contributed by atoms with Gasteiger partial charge in [-0.25, -0.2) is 0 Å². The van der Waals surface area contributed by atoms with Crippen molar-refractivity contribution in [2.75, 3.05) is 4.90 Å². The summed E-state index contributed by atoms with van der Waals surface area (Å²) in [5, 5.41) is 11.1. The first-order chi connectivity index (χ1) is 17.6. The molecule has 1 N–H and O–H groups in total. The number of alkyl halides is 7. The molecular weight excluding hydrogens is 543 g/mol. The molecule has 206 valence electrons. The van der Waals surface area contributed by atoms with Crippen molar-refractivity contribution in [3.63, 3.8) is 0 Å². The van der Waals surface area contributed by atoms with Crippen LogP contribution in [0.2, 0.25) is 5.02 Å². The highest BCUT2D eigenvalue weighted by atomic mass is 35.5. The molecule has 0 aromatic heterocycles. The summed E-state index contributed by atoms with van der Waals surface area (Å²) < 4.78 is 103. The van der Waals surface area contributed by atoms with Crippen LogP contribution in [0.5, 0.6) is 17.2 Å². The van der Waals surface area contributed by atoms with Crippen LogP contribution in [0.1, 0.15) is 25.0 Å². The maximum absolute atomic E-state index is 13.9. The number of rotatable bonds is 10. The van der Waals surface area contributed by atoms with Crippen LogP contribution in [0.4, 0.5) is 36.4 Å². The summed E-state index contributed by atoms with van der Waals surface area (Å²) in [5.41, 5.74) is -2.79. The molecule has 0 amide bonds. The zero-order chi connectivity index (χ0) is 28.3. The van der Waals surface area contributed by atoms with Gasteiger partial charge in [-0.2, -0.15) is 30.7 Å². The molecule has 0 radical (unpaired) electrons. The maximum atomic E-state index is 13.9. The van der Waals surface area contributed by atoms with Crippen LogP contribution in [-0.2, 0) is 13.0 Å². The highest BCUT2D eigenvalue weighted by Gasteiger charge is 2.54. The minimum absolute atomic E-state index is 0.0336. The van der Waals surface area contributed by atoms with Gasteiger partial charge in [-0.1, -0.05) is 36.7 Å². The van der Waals surface area contributed by atoms with E-state index < -0.39 is 36.7 Å². The summed E-state index contributed by atoms with van der Waals surface area (Å²) in [6, 6.07) is 14.6. The van der Waals surface area contributed by atoms with E-state index in [4.69, 9.17) is 16.3 Å². The van der Waals surface area contributed by atoms with Gasteiger partial charge in [-0.05, 0) is 66.9 Å². The van der Waals surface area contributed by atoms with Gasteiger partial charge in [0.25, 0.3) is 0 Å². The molecule has 0 saturated heterocycles. The number of benzene rings is 3. The van der Waals surface area contributed by atoms with Gasteiger partial charge in [0.15, 0.2) is 0 Å². The number of anilines is 1. The zero-order valence-corrected chi connectivity index (χ0v) is 20.8. The molecule has 0 heterocycles. The number of nitrogens with zero attached hydrogens (tertiary/aromatic N) is 1. The fraction of sp³-hybridized carbons (Fsp3) is 0.308. The molecule has 0 aliphatic carbocycles. The molecular formula is C26H23ClF7NO3. The van der Waals surface area contributed by atoms with E-state index in [-0.39, 0.29) is 17.0 Å². The Hall–Kier alpha value is -3.18. The van der Waals surface area contributed by atoms with Crippen LogP contribution in [0.25, 0.3) is 0 Å². The van der Waals surface area contributed by atoms with Crippen molar-refractivity contribution in [1.29, 1.82) is 0 Å². The Morgan fingerprint density at radius 1 is 0.895 bits per heavy atom. The van der Waals surface area contributed by atoms with E-state index in [9.17, 15) is 35.8 Å². The highest BCUT2D eigenvalue weighted by molar-refractivity contribution is 6.31. The van der Waals surface area contributed by atoms with Gasteiger partial charge in [0.05, 0.1) is 0 Å². The highest BCUT2D eigenvalue weighted by Crippen LogP contribution is 2.39. The number of hydrogen-bond acceptors (Lipinski definition) is 4. The number of halogens is 8. The summed E-state index contributed by atoms with van der Waals surface area (Å²) in [6.07, 6.45) is -13.5. The second kappa shape index (κ2) is 11.3. The van der Waals surface area contributed by atoms with Crippen molar-refractivity contribution < 1.29 is 45.3 Å². The van der Waals surface area contributed by atoms with Gasteiger partial charge in [0.1, 0.15) is 17.2 Å². The molecule has 12 heteroatoms. The molecule has 0 aliphatic heterocycles. The van der Waals surface area contributed by atoms with Gasteiger partial charge >= 0.3 is 18.7 Å². The fourth-order valence-electron chi connectivity index (χ4n) is 3.48. The van der Waals surface area contributed by atoms with Gasteiger partial charge in [-0.15, -0.1) is 0 Å². The fourth-order valence-corrected chi connectivity index (χ4v) is 3.73. The summed E-state index contributed by atoms with van der Waals surface area (Å²) in [6.45, 7) is 1.75. The number of ether oxygens (including phenoxy) is 2. The van der Waals surface area contributed by atoms with Gasteiger partial charge < -0.3 is 19.5 Å². The third kappa shape index (κ3) is 6.82. The van der Waals surface area contributed by atoms with Crippen molar-refractivity contribution in [2.24, 2.45) is 0 Å². The van der Waals surface area contributed by atoms with E-state index in [0.717, 1.165) is 23.8 Å². The van der Waals surface area contributed by atoms with Crippen LogP contribution in [0.15, 0.2) is 66.7 Å². The second-order valence-corrected chi connectivity index (χ2v) is 8.83. The molecule has 0 bridgehead atoms. The molecule has 0 fully saturated rings. The molecule has 0 unspecified atom stereocenters. The molecule has 0 aliphatic rings. The van der Waals surface area contributed by atoms with Crippen molar-refractivity contribution >= 4 is 17.3 Å². The number of hydrogen-bond donors (Lipinski definition) is 1. The first-order valence-corrected chi connectivity index (χ1v) is 11.6. The Bertz CT molecular complexity index is 1250. The van der Waals surface area contributed by atoms with E-state index in [1.165, 1.54) is 30.3 Å². The molecule has 3 aromatic rings. The SMILES string of the molecule is CCc1cc(Oc2cccc(N(Cc3cccc(OC(F)(F)C(F)F)c3)[C@](C)(O)C(F)(F)F)c2)ccc1Cl. The largest absolute Gasteiger partial charge is 0.461 e. The predicted molar refractivity (Wildman–Crippen MR) is 128 cm³/mol. The molecule has 0 spiro atoms. The summed E-state index contributed by atoms with van der Waals surface area (Å²) in [5.74, 6) is -0.170.